The molecule has 0 saturated heterocycles. The molecule has 0 aliphatic rings. The van der Waals surface area contributed by atoms with Crippen molar-refractivity contribution in [1.29, 1.82) is 0 Å². The van der Waals surface area contributed by atoms with Crippen molar-refractivity contribution >= 4 is 15.7 Å². The van der Waals surface area contributed by atoms with Gasteiger partial charge in [0.15, 0.2) is 9.84 Å². The van der Waals surface area contributed by atoms with Crippen LogP contribution >= 0.6 is 0 Å². The highest BCUT2D eigenvalue weighted by atomic mass is 32.2. The Hall–Kier alpha value is -1.40. The van der Waals surface area contributed by atoms with E-state index in [2.05, 4.69) is 10.6 Å². The van der Waals surface area contributed by atoms with Gasteiger partial charge < -0.3 is 10.6 Å². The van der Waals surface area contributed by atoms with Crippen molar-refractivity contribution in [3.63, 3.8) is 0 Å². The average molecular weight is 298 g/mol. The number of rotatable bonds is 6. The van der Waals surface area contributed by atoms with Crippen molar-refractivity contribution in [2.45, 2.75) is 37.8 Å². The van der Waals surface area contributed by atoms with Gasteiger partial charge in [-0.2, -0.15) is 0 Å². The molecule has 1 unspecified atom stereocenters. The molecule has 0 heterocycles. The van der Waals surface area contributed by atoms with E-state index in [9.17, 15) is 13.2 Å². The van der Waals surface area contributed by atoms with Gasteiger partial charge in [0.2, 0.25) is 5.91 Å². The number of carbonyl (C=O) groups is 1. The fourth-order valence-corrected chi connectivity index (χ4v) is 2.31. The zero-order valence-electron chi connectivity index (χ0n) is 12.3. The molecular formula is C14H22N2O3S. The van der Waals surface area contributed by atoms with E-state index in [0.29, 0.717) is 0 Å². The first-order valence-corrected chi connectivity index (χ1v) is 8.42. The molecular weight excluding hydrogens is 276 g/mol. The molecule has 0 aliphatic carbocycles. The quantitative estimate of drug-likeness (QED) is 0.829. The van der Waals surface area contributed by atoms with E-state index < -0.39 is 9.84 Å². The van der Waals surface area contributed by atoms with Gasteiger partial charge in [-0.25, -0.2) is 8.42 Å². The van der Waals surface area contributed by atoms with Crippen LogP contribution in [0.1, 0.15) is 32.4 Å². The maximum absolute atomic E-state index is 11.7. The van der Waals surface area contributed by atoms with Crippen molar-refractivity contribution in [3.8, 4) is 0 Å². The minimum Gasteiger partial charge on any atom is -0.348 e. The van der Waals surface area contributed by atoms with Gasteiger partial charge in [-0.15, -0.1) is 0 Å². The highest BCUT2D eigenvalue weighted by Crippen LogP contribution is 2.16. The summed E-state index contributed by atoms with van der Waals surface area (Å²) in [5.41, 5.74) is 0.871. The number of hydrogen-bond donors (Lipinski definition) is 2. The van der Waals surface area contributed by atoms with Crippen molar-refractivity contribution in [2.75, 3.05) is 12.8 Å². The van der Waals surface area contributed by atoms with Gasteiger partial charge in [0.25, 0.3) is 0 Å². The van der Waals surface area contributed by atoms with Gasteiger partial charge in [-0.3, -0.25) is 4.79 Å². The van der Waals surface area contributed by atoms with Gasteiger partial charge in [0.1, 0.15) is 0 Å². The molecule has 1 atom stereocenters. The third kappa shape index (κ3) is 5.30. The van der Waals surface area contributed by atoms with Crippen LogP contribution in [0.2, 0.25) is 0 Å². The summed E-state index contributed by atoms with van der Waals surface area (Å²) in [5.74, 6) is -0.0848. The lowest BCUT2D eigenvalue weighted by atomic mass is 10.1. The monoisotopic (exact) mass is 298 g/mol. The van der Waals surface area contributed by atoms with Gasteiger partial charge in [0, 0.05) is 12.3 Å². The molecule has 20 heavy (non-hydrogen) atoms. The topological polar surface area (TPSA) is 75.3 Å². The van der Waals surface area contributed by atoms with Crippen LogP contribution in [0.15, 0.2) is 29.2 Å². The van der Waals surface area contributed by atoms with Gasteiger partial charge in [-0.05, 0) is 24.6 Å². The van der Waals surface area contributed by atoms with Crippen LogP contribution in [0, 0.1) is 0 Å². The van der Waals surface area contributed by atoms with Gasteiger partial charge >= 0.3 is 0 Å². The molecule has 1 aromatic carbocycles. The molecule has 2 N–H and O–H groups in total. The molecule has 0 spiro atoms. The van der Waals surface area contributed by atoms with Gasteiger partial charge in [-0.1, -0.05) is 26.0 Å². The third-order valence-electron chi connectivity index (χ3n) is 2.86. The second-order valence-electron chi connectivity index (χ2n) is 5.17. The molecule has 0 fully saturated rings. The van der Waals surface area contributed by atoms with Crippen LogP contribution in [0.25, 0.3) is 0 Å². The second-order valence-corrected chi connectivity index (χ2v) is 7.18. The highest BCUT2D eigenvalue weighted by Gasteiger charge is 2.11. The van der Waals surface area contributed by atoms with Crippen LogP contribution in [-0.4, -0.2) is 33.2 Å². The van der Waals surface area contributed by atoms with E-state index in [1.165, 1.54) is 6.26 Å². The standard InChI is InChI=1S/C14H22N2O3S/c1-10(2)15-9-14(17)16-11(3)12-5-7-13(8-6-12)20(4,18)19/h5-8,10-11,15H,9H2,1-4H3,(H,16,17). The van der Waals surface area contributed by atoms with Gasteiger partial charge in [0.05, 0.1) is 17.5 Å². The Bertz CT molecular complexity index is 550. The summed E-state index contributed by atoms with van der Waals surface area (Å²) in [6.07, 6.45) is 1.17. The van der Waals surface area contributed by atoms with E-state index in [0.717, 1.165) is 5.56 Å². The average Bonchev–Trinajstić information content (AvgIpc) is 2.35. The predicted octanol–water partition coefficient (Wildman–Crippen LogP) is 1.27. The molecule has 1 amide bonds. The van der Waals surface area contributed by atoms with Crippen LogP contribution in [-0.2, 0) is 14.6 Å². The largest absolute Gasteiger partial charge is 0.348 e. The van der Waals surface area contributed by atoms with Crippen molar-refractivity contribution in [3.05, 3.63) is 29.8 Å². The molecule has 5 nitrogen and oxygen atoms in total. The minimum absolute atomic E-state index is 0.0848. The maximum atomic E-state index is 11.7. The lowest BCUT2D eigenvalue weighted by Gasteiger charge is -2.16. The molecule has 0 saturated carbocycles. The summed E-state index contributed by atoms with van der Waals surface area (Å²) in [7, 11) is -3.18. The summed E-state index contributed by atoms with van der Waals surface area (Å²) in [5, 5.41) is 5.90. The Labute approximate surface area is 120 Å². The lowest BCUT2D eigenvalue weighted by Crippen LogP contribution is -2.37. The predicted molar refractivity (Wildman–Crippen MR) is 79.2 cm³/mol. The number of carbonyl (C=O) groups excluding carboxylic acids is 1. The Morgan fingerprint density at radius 1 is 1.15 bits per heavy atom. The molecule has 112 valence electrons. The number of sulfone groups is 1. The highest BCUT2D eigenvalue weighted by molar-refractivity contribution is 7.90. The number of hydrogen-bond acceptors (Lipinski definition) is 4. The van der Waals surface area contributed by atoms with Crippen molar-refractivity contribution < 1.29 is 13.2 Å². The Balaban J connectivity index is 2.64. The Kier molecular flexibility index (Phi) is 5.71. The number of nitrogens with one attached hydrogen (secondary N) is 2. The van der Waals surface area contributed by atoms with E-state index in [1.54, 1.807) is 24.3 Å². The zero-order valence-corrected chi connectivity index (χ0v) is 13.1. The molecule has 1 aromatic rings. The summed E-state index contributed by atoms with van der Waals surface area (Å²) < 4.78 is 22.7. The SMILES string of the molecule is CC(C)NCC(=O)NC(C)c1ccc(S(C)(=O)=O)cc1. The van der Waals surface area contributed by atoms with E-state index >= 15 is 0 Å². The van der Waals surface area contributed by atoms with Crippen LogP contribution in [0.3, 0.4) is 0 Å². The number of benzene rings is 1. The zero-order chi connectivity index (χ0) is 15.3. The third-order valence-corrected chi connectivity index (χ3v) is 3.99. The molecule has 6 heteroatoms. The maximum Gasteiger partial charge on any atom is 0.234 e. The van der Waals surface area contributed by atoms with Crippen molar-refractivity contribution in [1.82, 2.24) is 10.6 Å². The summed E-state index contributed by atoms with van der Waals surface area (Å²) >= 11 is 0. The second kappa shape index (κ2) is 6.85. The first kappa shape index (κ1) is 16.7. The molecule has 0 bridgehead atoms. The fourth-order valence-electron chi connectivity index (χ4n) is 1.68. The molecule has 0 radical (unpaired) electrons. The first-order chi connectivity index (χ1) is 9.20. The van der Waals surface area contributed by atoms with Crippen LogP contribution < -0.4 is 10.6 Å². The minimum atomic E-state index is -3.18. The normalized spacial score (nSPS) is 13.2. The van der Waals surface area contributed by atoms with E-state index in [-0.39, 0.29) is 29.4 Å². The number of amides is 1. The smallest absolute Gasteiger partial charge is 0.234 e. The summed E-state index contributed by atoms with van der Waals surface area (Å²) in [6, 6.07) is 6.64. The fraction of sp³-hybridized carbons (Fsp3) is 0.500. The molecule has 0 aromatic heterocycles. The Morgan fingerprint density at radius 3 is 2.15 bits per heavy atom. The first-order valence-electron chi connectivity index (χ1n) is 6.53. The van der Waals surface area contributed by atoms with Crippen molar-refractivity contribution in [2.24, 2.45) is 0 Å². The van der Waals surface area contributed by atoms with Crippen LogP contribution in [0.5, 0.6) is 0 Å². The van der Waals surface area contributed by atoms with E-state index in [1.807, 2.05) is 20.8 Å². The van der Waals surface area contributed by atoms with Crippen LogP contribution in [0.4, 0.5) is 0 Å². The Morgan fingerprint density at radius 2 is 1.70 bits per heavy atom. The molecule has 1 rings (SSSR count). The summed E-state index contributed by atoms with van der Waals surface area (Å²) in [6.45, 7) is 6.08. The lowest BCUT2D eigenvalue weighted by molar-refractivity contribution is -0.121. The van der Waals surface area contributed by atoms with E-state index in [4.69, 9.17) is 0 Å². The summed E-state index contributed by atoms with van der Waals surface area (Å²) in [4.78, 5) is 12.0. The molecule has 0 aliphatic heterocycles.